The highest BCUT2D eigenvalue weighted by atomic mass is 127. The molecule has 0 fully saturated rings. The van der Waals surface area contributed by atoms with E-state index in [1.165, 1.54) is 0 Å². The van der Waals surface area contributed by atoms with Gasteiger partial charge in [-0.2, -0.15) is 8.42 Å². The summed E-state index contributed by atoms with van der Waals surface area (Å²) in [7, 11) is -4.35. The van der Waals surface area contributed by atoms with E-state index in [2.05, 4.69) is 45.2 Å². The summed E-state index contributed by atoms with van der Waals surface area (Å²) in [4.78, 5) is 11.2. The molecule has 0 saturated heterocycles. The predicted octanol–water partition coefficient (Wildman–Crippen LogP) is 2.29. The normalized spacial score (nSPS) is 11.3. The van der Waals surface area contributed by atoms with Crippen molar-refractivity contribution in [2.45, 2.75) is 0 Å². The summed E-state index contributed by atoms with van der Waals surface area (Å²) < 4.78 is 37.0. The van der Waals surface area contributed by atoms with Crippen LogP contribution < -0.4 is 4.74 Å². The molecule has 0 bridgehead atoms. The molecule has 0 unspecified atom stereocenters. The molecule has 0 radical (unpaired) electrons. The smallest absolute Gasteiger partial charge is 0.329 e. The van der Waals surface area contributed by atoms with Crippen molar-refractivity contribution in [3.05, 3.63) is 22.8 Å². The van der Waals surface area contributed by atoms with E-state index in [1.807, 2.05) is 22.6 Å². The summed E-state index contributed by atoms with van der Waals surface area (Å²) in [5, 5.41) is 0. The van der Waals surface area contributed by atoms with Gasteiger partial charge in [0, 0.05) is 7.14 Å². The Morgan fingerprint density at radius 2 is 1.82 bits per heavy atom. The molecule has 1 aromatic rings. The third-order valence-corrected chi connectivity index (χ3v) is 7.28. The zero-order valence-corrected chi connectivity index (χ0v) is 15.3. The van der Waals surface area contributed by atoms with Crippen molar-refractivity contribution >= 4 is 83.9 Å². The molecule has 1 aromatic carbocycles. The minimum atomic E-state index is -4.35. The van der Waals surface area contributed by atoms with E-state index in [0.29, 0.717) is 0 Å². The van der Waals surface area contributed by atoms with Crippen LogP contribution in [0.3, 0.4) is 0 Å². The monoisotopic (exact) mass is 594 g/mol. The largest absolute Gasteiger partial charge is 0.425 e. The summed E-state index contributed by atoms with van der Waals surface area (Å²) in [5.41, 5.74) is 0. The Balaban J connectivity index is 2.90. The average Bonchev–Trinajstić information content (AvgIpc) is 2.16. The average molecular weight is 594 g/mol. The lowest BCUT2D eigenvalue weighted by atomic mass is 10.3. The lowest BCUT2D eigenvalue weighted by molar-refractivity contribution is -0.131. The fourth-order valence-electron chi connectivity index (χ4n) is 0.888. The van der Waals surface area contributed by atoms with Gasteiger partial charge in [0.15, 0.2) is 5.75 Å². The van der Waals surface area contributed by atoms with Crippen molar-refractivity contribution in [1.82, 2.24) is 0 Å². The first kappa shape index (κ1) is 15.8. The van der Waals surface area contributed by atoms with Crippen LogP contribution in [-0.2, 0) is 14.9 Å². The summed E-state index contributed by atoms with van der Waals surface area (Å²) in [6.45, 7) is 0. The van der Waals surface area contributed by atoms with Crippen molar-refractivity contribution in [3.63, 3.8) is 0 Å². The van der Waals surface area contributed by atoms with E-state index >= 15 is 0 Å². The Morgan fingerprint density at radius 1 is 1.24 bits per heavy atom. The quantitative estimate of drug-likeness (QED) is 0.191. The van der Waals surface area contributed by atoms with Gasteiger partial charge < -0.3 is 4.74 Å². The first-order chi connectivity index (χ1) is 7.70. The van der Waals surface area contributed by atoms with Gasteiger partial charge in [0.05, 0.1) is 3.57 Å². The third-order valence-electron chi connectivity index (χ3n) is 1.52. The third kappa shape index (κ3) is 5.12. The number of ether oxygens (including phenoxy) is 1. The molecule has 0 atom stereocenters. The Labute approximate surface area is 139 Å². The van der Waals surface area contributed by atoms with Crippen LogP contribution >= 0.6 is 67.8 Å². The van der Waals surface area contributed by atoms with Crippen molar-refractivity contribution in [3.8, 4) is 5.75 Å². The number of esters is 1. The van der Waals surface area contributed by atoms with Crippen molar-refractivity contribution in [2.24, 2.45) is 0 Å². The molecule has 0 amide bonds. The Morgan fingerprint density at radius 3 is 2.35 bits per heavy atom. The summed E-state index contributed by atoms with van der Waals surface area (Å²) in [5.74, 6) is -1.78. The molecular weight excluding hydrogens is 589 g/mol. The van der Waals surface area contributed by atoms with Crippen LogP contribution in [0.5, 0.6) is 5.75 Å². The van der Waals surface area contributed by atoms with Crippen molar-refractivity contribution in [1.29, 1.82) is 0 Å². The van der Waals surface area contributed by atoms with E-state index in [9.17, 15) is 13.2 Å². The van der Waals surface area contributed by atoms with Crippen LogP contribution in [0.4, 0.5) is 0 Å². The fraction of sp³-hybridized carbons (Fsp3) is 0.125. The molecule has 0 aliphatic carbocycles. The number of hydrogen-bond donors (Lipinski definition) is 1. The highest BCUT2D eigenvalue weighted by Gasteiger charge is 2.17. The number of halogens is 3. The minimum absolute atomic E-state index is 0.282. The summed E-state index contributed by atoms with van der Waals surface area (Å²) in [6.07, 6.45) is 0. The first-order valence-corrected chi connectivity index (χ1v) is 8.84. The van der Waals surface area contributed by atoms with Crippen LogP contribution in [0.2, 0.25) is 0 Å². The SMILES string of the molecule is O=C(CS(=O)(=O)O)Oc1ccc(I)c(I)c1I. The minimum Gasteiger partial charge on any atom is -0.425 e. The topological polar surface area (TPSA) is 80.7 Å². The number of benzene rings is 1. The molecule has 1 rings (SSSR count). The van der Waals surface area contributed by atoms with Gasteiger partial charge in [-0.05, 0) is 79.9 Å². The molecular formula is C8H5I3O5S. The maximum absolute atomic E-state index is 11.2. The first-order valence-electron chi connectivity index (χ1n) is 4.00. The fourth-order valence-corrected chi connectivity index (χ4v) is 3.24. The van der Waals surface area contributed by atoms with Crippen LogP contribution in [0.15, 0.2) is 12.1 Å². The molecule has 9 heteroatoms. The number of carbonyl (C=O) groups excluding carboxylic acids is 1. The molecule has 0 spiro atoms. The lowest BCUT2D eigenvalue weighted by Crippen LogP contribution is -2.20. The van der Waals surface area contributed by atoms with Gasteiger partial charge in [-0.1, -0.05) is 0 Å². The molecule has 0 aromatic heterocycles. The Kier molecular flexibility index (Phi) is 5.87. The van der Waals surface area contributed by atoms with E-state index < -0.39 is 21.8 Å². The van der Waals surface area contributed by atoms with Crippen molar-refractivity contribution in [2.75, 3.05) is 5.75 Å². The van der Waals surface area contributed by atoms with Gasteiger partial charge in [0.2, 0.25) is 0 Å². The second kappa shape index (κ2) is 6.29. The highest BCUT2D eigenvalue weighted by Crippen LogP contribution is 2.29. The number of rotatable bonds is 3. The number of hydrogen-bond acceptors (Lipinski definition) is 4. The predicted molar refractivity (Wildman–Crippen MR) is 86.6 cm³/mol. The molecule has 1 N–H and O–H groups in total. The second-order valence-corrected chi connectivity index (χ2v) is 7.65. The van der Waals surface area contributed by atoms with Gasteiger partial charge in [0.1, 0.15) is 5.75 Å². The van der Waals surface area contributed by atoms with Crippen LogP contribution in [-0.4, -0.2) is 24.7 Å². The maximum atomic E-state index is 11.2. The summed E-state index contributed by atoms with van der Waals surface area (Å²) >= 11 is 6.23. The maximum Gasteiger partial charge on any atom is 0.329 e. The lowest BCUT2D eigenvalue weighted by Gasteiger charge is -2.08. The van der Waals surface area contributed by atoms with Crippen molar-refractivity contribution < 1.29 is 22.5 Å². The van der Waals surface area contributed by atoms with Crippen LogP contribution in [0.25, 0.3) is 0 Å². The van der Waals surface area contributed by atoms with E-state index in [-0.39, 0.29) is 5.75 Å². The van der Waals surface area contributed by atoms with E-state index in [4.69, 9.17) is 9.29 Å². The van der Waals surface area contributed by atoms with Gasteiger partial charge >= 0.3 is 5.97 Å². The zero-order chi connectivity index (χ0) is 13.2. The molecule has 0 saturated carbocycles. The van der Waals surface area contributed by atoms with Gasteiger partial charge in [-0.25, -0.2) is 0 Å². The number of carbonyl (C=O) groups is 1. The van der Waals surface area contributed by atoms with Gasteiger partial charge in [-0.3, -0.25) is 9.35 Å². The molecule has 0 aliphatic rings. The molecule has 0 heterocycles. The summed E-state index contributed by atoms with van der Waals surface area (Å²) in [6, 6.07) is 3.33. The Hall–Kier alpha value is 0.790. The zero-order valence-electron chi connectivity index (χ0n) is 7.98. The molecule has 17 heavy (non-hydrogen) atoms. The Bertz CT molecular complexity index is 555. The standard InChI is InChI=1S/C8H5I3O5S/c9-4-1-2-5(8(11)7(4)10)16-6(12)3-17(13,14)15/h1-2H,3H2,(H,13,14,15). The van der Waals surface area contributed by atoms with E-state index in [1.54, 1.807) is 12.1 Å². The molecule has 94 valence electrons. The van der Waals surface area contributed by atoms with E-state index in [0.717, 1.165) is 10.7 Å². The van der Waals surface area contributed by atoms with Crippen LogP contribution in [0.1, 0.15) is 0 Å². The second-order valence-electron chi connectivity index (χ2n) is 2.87. The molecule has 5 nitrogen and oxygen atoms in total. The highest BCUT2D eigenvalue weighted by molar-refractivity contribution is 14.1. The van der Waals surface area contributed by atoms with Crippen LogP contribution in [0, 0.1) is 10.7 Å². The van der Waals surface area contributed by atoms with Gasteiger partial charge in [0.25, 0.3) is 10.1 Å². The molecule has 0 aliphatic heterocycles. The van der Waals surface area contributed by atoms with Gasteiger partial charge in [-0.15, -0.1) is 0 Å².